The van der Waals surface area contributed by atoms with Crippen molar-refractivity contribution in [1.82, 2.24) is 0 Å². The Labute approximate surface area is 63.5 Å². The van der Waals surface area contributed by atoms with Gasteiger partial charge in [0.15, 0.2) is 0 Å². The van der Waals surface area contributed by atoms with Gasteiger partial charge in [0.25, 0.3) is 0 Å². The first-order valence-corrected chi connectivity index (χ1v) is 3.90. The minimum absolute atomic E-state index is 0.0648. The van der Waals surface area contributed by atoms with Gasteiger partial charge in [0.1, 0.15) is 0 Å². The molecule has 0 aromatic carbocycles. The zero-order valence-electron chi connectivity index (χ0n) is 6.80. The summed E-state index contributed by atoms with van der Waals surface area (Å²) in [6, 6.07) is 0. The second kappa shape index (κ2) is 5.32. The molecular weight excluding hydrogens is 124 g/mol. The molecule has 0 aliphatic carbocycles. The molecular formula is C9H16O. The molecule has 58 valence electrons. The van der Waals surface area contributed by atoms with Gasteiger partial charge in [0, 0.05) is 5.92 Å². The maximum Gasteiger partial charge on any atom is 0.0674 e. The topological polar surface area (TPSA) is 20.2 Å². The molecule has 0 fully saturated rings. The number of rotatable bonds is 4. The Morgan fingerprint density at radius 2 is 2.10 bits per heavy atom. The molecule has 0 aromatic heterocycles. The van der Waals surface area contributed by atoms with Crippen LogP contribution in [-0.4, -0.2) is 11.2 Å². The van der Waals surface area contributed by atoms with Crippen LogP contribution in [0.2, 0.25) is 0 Å². The number of hydrogen-bond donors (Lipinski definition) is 1. The van der Waals surface area contributed by atoms with Gasteiger partial charge in [-0.1, -0.05) is 20.3 Å². The summed E-state index contributed by atoms with van der Waals surface area (Å²) in [5, 5.41) is 9.31. The molecule has 0 aromatic rings. The van der Waals surface area contributed by atoms with E-state index in [0.717, 1.165) is 19.3 Å². The van der Waals surface area contributed by atoms with Crippen molar-refractivity contribution in [3.05, 3.63) is 0 Å². The van der Waals surface area contributed by atoms with Crippen LogP contribution in [0.4, 0.5) is 0 Å². The van der Waals surface area contributed by atoms with Crippen molar-refractivity contribution in [2.75, 3.05) is 0 Å². The van der Waals surface area contributed by atoms with Crippen molar-refractivity contribution in [1.29, 1.82) is 0 Å². The zero-order chi connectivity index (χ0) is 7.98. The maximum atomic E-state index is 9.31. The lowest BCUT2D eigenvalue weighted by atomic mass is 9.96. The number of aliphatic hydroxyl groups is 1. The lowest BCUT2D eigenvalue weighted by molar-refractivity contribution is 0.125. The average Bonchev–Trinajstić information content (AvgIpc) is 1.99. The smallest absolute Gasteiger partial charge is 0.0674 e. The molecule has 1 heteroatoms. The van der Waals surface area contributed by atoms with E-state index in [1.807, 2.05) is 6.92 Å². The molecule has 1 N–H and O–H groups in total. The van der Waals surface area contributed by atoms with Crippen molar-refractivity contribution >= 4 is 0 Å². The van der Waals surface area contributed by atoms with Crippen LogP contribution in [-0.2, 0) is 0 Å². The van der Waals surface area contributed by atoms with Crippen LogP contribution in [0, 0.1) is 18.3 Å². The standard InChI is InChI=1S/C9H16O/c1-4-7-8(5-2)9(10)6-3/h2,8-10H,4,6-7H2,1,3H3. The van der Waals surface area contributed by atoms with Gasteiger partial charge in [-0.25, -0.2) is 0 Å². The van der Waals surface area contributed by atoms with Gasteiger partial charge in [-0.05, 0) is 12.8 Å². The number of hydrogen-bond acceptors (Lipinski definition) is 1. The minimum atomic E-state index is -0.301. The summed E-state index contributed by atoms with van der Waals surface area (Å²) in [6.07, 6.45) is 7.67. The lowest BCUT2D eigenvalue weighted by Gasteiger charge is -2.14. The van der Waals surface area contributed by atoms with E-state index in [1.54, 1.807) is 0 Å². The van der Waals surface area contributed by atoms with Gasteiger partial charge in [0.05, 0.1) is 6.10 Å². The lowest BCUT2D eigenvalue weighted by Crippen LogP contribution is -2.17. The molecule has 0 saturated heterocycles. The van der Waals surface area contributed by atoms with E-state index in [4.69, 9.17) is 6.42 Å². The monoisotopic (exact) mass is 140 g/mol. The third-order valence-corrected chi connectivity index (χ3v) is 1.70. The Morgan fingerprint density at radius 3 is 2.40 bits per heavy atom. The largest absolute Gasteiger partial charge is 0.392 e. The van der Waals surface area contributed by atoms with Crippen LogP contribution >= 0.6 is 0 Å². The van der Waals surface area contributed by atoms with Crippen molar-refractivity contribution in [2.24, 2.45) is 5.92 Å². The normalized spacial score (nSPS) is 15.8. The first-order valence-electron chi connectivity index (χ1n) is 3.90. The first-order chi connectivity index (χ1) is 4.76. The van der Waals surface area contributed by atoms with Crippen molar-refractivity contribution in [3.8, 4) is 12.3 Å². The van der Waals surface area contributed by atoms with E-state index in [0.29, 0.717) is 0 Å². The quantitative estimate of drug-likeness (QED) is 0.590. The molecule has 0 radical (unpaired) electrons. The summed E-state index contributed by atoms with van der Waals surface area (Å²) >= 11 is 0. The van der Waals surface area contributed by atoms with E-state index in [-0.39, 0.29) is 12.0 Å². The van der Waals surface area contributed by atoms with E-state index in [1.165, 1.54) is 0 Å². The maximum absolute atomic E-state index is 9.31. The number of terminal acetylenes is 1. The van der Waals surface area contributed by atoms with Gasteiger partial charge in [-0.2, -0.15) is 0 Å². The summed E-state index contributed by atoms with van der Waals surface area (Å²) in [4.78, 5) is 0. The summed E-state index contributed by atoms with van der Waals surface area (Å²) < 4.78 is 0. The SMILES string of the molecule is C#CC(CCC)C(O)CC. The van der Waals surface area contributed by atoms with Gasteiger partial charge in [-0.15, -0.1) is 12.3 Å². The first kappa shape index (κ1) is 9.52. The Hall–Kier alpha value is -0.480. The summed E-state index contributed by atoms with van der Waals surface area (Å²) in [5.41, 5.74) is 0. The van der Waals surface area contributed by atoms with E-state index >= 15 is 0 Å². The van der Waals surface area contributed by atoms with Crippen molar-refractivity contribution in [2.45, 2.75) is 39.2 Å². The Morgan fingerprint density at radius 1 is 1.50 bits per heavy atom. The third-order valence-electron chi connectivity index (χ3n) is 1.70. The molecule has 2 unspecified atom stereocenters. The minimum Gasteiger partial charge on any atom is -0.392 e. The Bertz CT molecular complexity index is 112. The molecule has 0 heterocycles. The Kier molecular flexibility index (Phi) is 5.06. The Balaban J connectivity index is 3.71. The highest BCUT2D eigenvalue weighted by molar-refractivity contribution is 4.95. The highest BCUT2D eigenvalue weighted by Crippen LogP contribution is 2.12. The van der Waals surface area contributed by atoms with Gasteiger partial charge >= 0.3 is 0 Å². The van der Waals surface area contributed by atoms with Gasteiger partial charge in [0.2, 0.25) is 0 Å². The molecule has 0 aliphatic heterocycles. The second-order valence-electron chi connectivity index (χ2n) is 2.54. The predicted octanol–water partition coefficient (Wildman–Crippen LogP) is 1.81. The fourth-order valence-corrected chi connectivity index (χ4v) is 0.982. The van der Waals surface area contributed by atoms with Crippen LogP contribution < -0.4 is 0 Å². The molecule has 1 nitrogen and oxygen atoms in total. The highest BCUT2D eigenvalue weighted by Gasteiger charge is 2.12. The molecule has 10 heavy (non-hydrogen) atoms. The molecule has 0 amide bonds. The van der Waals surface area contributed by atoms with E-state index in [2.05, 4.69) is 12.8 Å². The van der Waals surface area contributed by atoms with Crippen molar-refractivity contribution in [3.63, 3.8) is 0 Å². The molecule has 0 aliphatic rings. The zero-order valence-corrected chi connectivity index (χ0v) is 6.80. The number of aliphatic hydroxyl groups excluding tert-OH is 1. The molecule has 0 saturated carbocycles. The van der Waals surface area contributed by atoms with Crippen LogP contribution in [0.25, 0.3) is 0 Å². The fourth-order valence-electron chi connectivity index (χ4n) is 0.982. The molecule has 0 bridgehead atoms. The third kappa shape index (κ3) is 2.89. The van der Waals surface area contributed by atoms with Gasteiger partial charge in [-0.3, -0.25) is 0 Å². The molecule has 0 rings (SSSR count). The van der Waals surface area contributed by atoms with Crippen LogP contribution in [0.1, 0.15) is 33.1 Å². The van der Waals surface area contributed by atoms with E-state index in [9.17, 15) is 5.11 Å². The molecule has 0 spiro atoms. The fraction of sp³-hybridized carbons (Fsp3) is 0.778. The predicted molar refractivity (Wildman–Crippen MR) is 43.5 cm³/mol. The van der Waals surface area contributed by atoms with Crippen molar-refractivity contribution < 1.29 is 5.11 Å². The highest BCUT2D eigenvalue weighted by atomic mass is 16.3. The summed E-state index contributed by atoms with van der Waals surface area (Å²) in [7, 11) is 0. The van der Waals surface area contributed by atoms with Crippen LogP contribution in [0.3, 0.4) is 0 Å². The van der Waals surface area contributed by atoms with Crippen LogP contribution in [0.5, 0.6) is 0 Å². The second-order valence-corrected chi connectivity index (χ2v) is 2.54. The summed E-state index contributed by atoms with van der Waals surface area (Å²) in [5.74, 6) is 2.67. The van der Waals surface area contributed by atoms with E-state index < -0.39 is 0 Å². The van der Waals surface area contributed by atoms with Gasteiger partial charge < -0.3 is 5.11 Å². The summed E-state index contributed by atoms with van der Waals surface area (Å²) in [6.45, 7) is 4.03. The van der Waals surface area contributed by atoms with Crippen LogP contribution in [0.15, 0.2) is 0 Å². The average molecular weight is 140 g/mol. The molecule has 2 atom stereocenters.